The molecule has 0 atom stereocenters. The Labute approximate surface area is 64.2 Å². The lowest BCUT2D eigenvalue weighted by Gasteiger charge is -1.64. The SMILES string of the molecule is CNC=O.O=Cc1ccoc1. The third kappa shape index (κ3) is 4.90. The van der Waals surface area contributed by atoms with Gasteiger partial charge in [-0.1, -0.05) is 0 Å². The van der Waals surface area contributed by atoms with Crippen LogP contribution in [0.4, 0.5) is 0 Å². The average molecular weight is 155 g/mol. The Balaban J connectivity index is 0.000000218. The van der Waals surface area contributed by atoms with Crippen molar-refractivity contribution < 1.29 is 14.0 Å². The molecular weight excluding hydrogens is 146 g/mol. The lowest BCUT2D eigenvalue weighted by molar-refractivity contribution is -0.109. The second kappa shape index (κ2) is 6.54. The van der Waals surface area contributed by atoms with Gasteiger partial charge in [0.25, 0.3) is 0 Å². The van der Waals surface area contributed by atoms with E-state index in [0.29, 0.717) is 12.0 Å². The molecule has 0 aliphatic carbocycles. The zero-order valence-electron chi connectivity index (χ0n) is 6.11. The van der Waals surface area contributed by atoms with Crippen molar-refractivity contribution in [2.45, 2.75) is 0 Å². The Morgan fingerprint density at radius 1 is 1.55 bits per heavy atom. The van der Waals surface area contributed by atoms with E-state index in [1.54, 1.807) is 13.1 Å². The van der Waals surface area contributed by atoms with E-state index < -0.39 is 0 Å². The highest BCUT2D eigenvalue weighted by molar-refractivity contribution is 5.73. The first-order valence-corrected chi connectivity index (χ1v) is 2.93. The fourth-order valence-electron chi connectivity index (χ4n) is 0.342. The summed E-state index contributed by atoms with van der Waals surface area (Å²) in [4.78, 5) is 18.9. The summed E-state index contributed by atoms with van der Waals surface area (Å²) in [6.45, 7) is 0. The van der Waals surface area contributed by atoms with E-state index in [9.17, 15) is 4.79 Å². The molecule has 4 heteroatoms. The molecule has 0 unspecified atom stereocenters. The quantitative estimate of drug-likeness (QED) is 0.631. The number of rotatable bonds is 2. The zero-order valence-corrected chi connectivity index (χ0v) is 6.11. The lowest BCUT2D eigenvalue weighted by atomic mass is 10.4. The molecule has 0 aliphatic heterocycles. The highest BCUT2D eigenvalue weighted by atomic mass is 16.3. The summed E-state index contributed by atoms with van der Waals surface area (Å²) in [5, 5.41) is 2.25. The van der Waals surface area contributed by atoms with Crippen LogP contribution >= 0.6 is 0 Å². The third-order valence-electron chi connectivity index (χ3n) is 0.797. The van der Waals surface area contributed by atoms with Crippen molar-refractivity contribution in [2.75, 3.05) is 7.05 Å². The standard InChI is InChI=1S/C5H4O2.C2H5NO/c6-3-5-1-2-7-4-5;1-3-2-4/h1-4H;2H,1H3,(H,3,4). The van der Waals surface area contributed by atoms with Crippen molar-refractivity contribution in [3.8, 4) is 0 Å². The predicted molar refractivity (Wildman–Crippen MR) is 39.2 cm³/mol. The first-order valence-electron chi connectivity index (χ1n) is 2.93. The van der Waals surface area contributed by atoms with Gasteiger partial charge in [0.05, 0.1) is 11.8 Å². The van der Waals surface area contributed by atoms with Crippen molar-refractivity contribution in [1.29, 1.82) is 0 Å². The van der Waals surface area contributed by atoms with Crippen molar-refractivity contribution in [3.63, 3.8) is 0 Å². The number of aldehydes is 1. The van der Waals surface area contributed by atoms with Crippen LogP contribution in [0.1, 0.15) is 10.4 Å². The fourth-order valence-corrected chi connectivity index (χ4v) is 0.342. The molecule has 0 saturated heterocycles. The first-order chi connectivity index (χ1) is 5.35. The molecule has 0 radical (unpaired) electrons. The van der Waals surface area contributed by atoms with Crippen molar-refractivity contribution in [2.24, 2.45) is 0 Å². The van der Waals surface area contributed by atoms with Gasteiger partial charge in [-0.3, -0.25) is 9.59 Å². The van der Waals surface area contributed by atoms with Crippen LogP contribution in [0.5, 0.6) is 0 Å². The second-order valence-electron chi connectivity index (χ2n) is 1.58. The largest absolute Gasteiger partial charge is 0.472 e. The molecule has 0 aliphatic rings. The van der Waals surface area contributed by atoms with Crippen LogP contribution in [0, 0.1) is 0 Å². The highest BCUT2D eigenvalue weighted by Crippen LogP contribution is 1.92. The number of amides is 1. The summed E-state index contributed by atoms with van der Waals surface area (Å²) in [7, 11) is 1.56. The van der Waals surface area contributed by atoms with Gasteiger partial charge in [-0.2, -0.15) is 0 Å². The van der Waals surface area contributed by atoms with E-state index in [1.165, 1.54) is 12.5 Å². The van der Waals surface area contributed by atoms with Crippen LogP contribution in [0.25, 0.3) is 0 Å². The number of hydrogen-bond acceptors (Lipinski definition) is 3. The van der Waals surface area contributed by atoms with E-state index >= 15 is 0 Å². The number of carbonyl (C=O) groups is 2. The fraction of sp³-hybridized carbons (Fsp3) is 0.143. The molecule has 1 rings (SSSR count). The molecule has 1 N–H and O–H groups in total. The Bertz CT molecular complexity index is 193. The molecule has 1 amide bonds. The third-order valence-corrected chi connectivity index (χ3v) is 0.797. The smallest absolute Gasteiger partial charge is 0.206 e. The minimum atomic E-state index is 0.583. The van der Waals surface area contributed by atoms with Crippen LogP contribution in [-0.2, 0) is 4.79 Å². The van der Waals surface area contributed by atoms with Gasteiger partial charge in [0.2, 0.25) is 6.41 Å². The van der Waals surface area contributed by atoms with Crippen LogP contribution < -0.4 is 5.32 Å². The molecule has 0 saturated carbocycles. The number of furan rings is 1. The molecule has 0 bridgehead atoms. The molecule has 0 aromatic carbocycles. The summed E-state index contributed by atoms with van der Waals surface area (Å²) in [6.07, 6.45) is 4.22. The first kappa shape index (κ1) is 9.42. The predicted octanol–water partition coefficient (Wildman–Crippen LogP) is 0.454. The van der Waals surface area contributed by atoms with Crippen LogP contribution in [0.15, 0.2) is 23.0 Å². The van der Waals surface area contributed by atoms with Crippen LogP contribution in [-0.4, -0.2) is 19.7 Å². The highest BCUT2D eigenvalue weighted by Gasteiger charge is 1.84. The summed E-state index contributed by atoms with van der Waals surface area (Å²) >= 11 is 0. The molecule has 60 valence electrons. The van der Waals surface area contributed by atoms with Crippen molar-refractivity contribution in [1.82, 2.24) is 5.32 Å². The normalized spacial score (nSPS) is 7.36. The molecule has 0 spiro atoms. The maximum Gasteiger partial charge on any atom is 0.206 e. The Kier molecular flexibility index (Phi) is 5.60. The van der Waals surface area contributed by atoms with Gasteiger partial charge in [-0.25, -0.2) is 0 Å². The van der Waals surface area contributed by atoms with Gasteiger partial charge >= 0.3 is 0 Å². The second-order valence-corrected chi connectivity index (χ2v) is 1.58. The van der Waals surface area contributed by atoms with E-state index in [1.807, 2.05) is 0 Å². The van der Waals surface area contributed by atoms with Gasteiger partial charge in [-0.15, -0.1) is 0 Å². The molecule has 1 aromatic heterocycles. The topological polar surface area (TPSA) is 59.3 Å². The summed E-state index contributed by atoms with van der Waals surface area (Å²) in [5.41, 5.74) is 0.583. The average Bonchev–Trinajstić information content (AvgIpc) is 2.56. The summed E-state index contributed by atoms with van der Waals surface area (Å²) in [5.74, 6) is 0. The number of nitrogens with one attached hydrogen (secondary N) is 1. The van der Waals surface area contributed by atoms with E-state index in [2.05, 4.69) is 9.73 Å². The van der Waals surface area contributed by atoms with E-state index in [4.69, 9.17) is 4.79 Å². The summed E-state index contributed by atoms with van der Waals surface area (Å²) < 4.78 is 4.57. The minimum Gasteiger partial charge on any atom is -0.472 e. The maximum absolute atomic E-state index is 9.81. The monoisotopic (exact) mass is 155 g/mol. The zero-order chi connectivity index (χ0) is 8.53. The van der Waals surface area contributed by atoms with Gasteiger partial charge in [0.15, 0.2) is 6.29 Å². The summed E-state index contributed by atoms with van der Waals surface area (Å²) in [6, 6.07) is 1.60. The van der Waals surface area contributed by atoms with Gasteiger partial charge in [-0.05, 0) is 6.07 Å². The minimum absolute atomic E-state index is 0.583. The van der Waals surface area contributed by atoms with Crippen molar-refractivity contribution in [3.05, 3.63) is 24.2 Å². The number of hydrogen-bond donors (Lipinski definition) is 1. The van der Waals surface area contributed by atoms with Crippen molar-refractivity contribution >= 4 is 12.7 Å². The van der Waals surface area contributed by atoms with Crippen LogP contribution in [0.3, 0.4) is 0 Å². The lowest BCUT2D eigenvalue weighted by Crippen LogP contribution is -1.98. The molecule has 11 heavy (non-hydrogen) atoms. The van der Waals surface area contributed by atoms with Gasteiger partial charge in [0.1, 0.15) is 6.26 Å². The molecule has 4 nitrogen and oxygen atoms in total. The Morgan fingerprint density at radius 3 is 2.36 bits per heavy atom. The molecule has 1 aromatic rings. The van der Waals surface area contributed by atoms with Gasteiger partial charge in [0, 0.05) is 7.05 Å². The molecule has 0 fully saturated rings. The van der Waals surface area contributed by atoms with Gasteiger partial charge < -0.3 is 9.73 Å². The Hall–Kier alpha value is -1.58. The van der Waals surface area contributed by atoms with E-state index in [0.717, 1.165) is 6.29 Å². The molecule has 1 heterocycles. The number of carbonyl (C=O) groups excluding carboxylic acids is 2. The molecular formula is C7H9NO3. The van der Waals surface area contributed by atoms with Crippen LogP contribution in [0.2, 0.25) is 0 Å². The van der Waals surface area contributed by atoms with E-state index in [-0.39, 0.29) is 0 Å². The Morgan fingerprint density at radius 2 is 2.18 bits per heavy atom. The maximum atomic E-state index is 9.81.